The number of hydrogen-bond acceptors (Lipinski definition) is 4. The second-order valence-electron chi connectivity index (χ2n) is 6.84. The Morgan fingerprint density at radius 3 is 2.55 bits per heavy atom. The fourth-order valence-electron chi connectivity index (χ4n) is 2.91. The summed E-state index contributed by atoms with van der Waals surface area (Å²) in [6.45, 7) is 1.70. The first-order valence-corrected chi connectivity index (χ1v) is 10.4. The Balaban J connectivity index is 1.60. The lowest BCUT2D eigenvalue weighted by atomic mass is 10.1. The smallest absolute Gasteiger partial charge is 0.326 e. The van der Waals surface area contributed by atoms with E-state index in [0.29, 0.717) is 22.2 Å². The number of alkyl halides is 3. The number of anilines is 1. The molecule has 5 nitrogen and oxygen atoms in total. The molecule has 2 aromatic carbocycles. The molecule has 9 heteroatoms. The molecule has 0 atom stereocenters. The van der Waals surface area contributed by atoms with E-state index in [0.717, 1.165) is 17.7 Å². The summed E-state index contributed by atoms with van der Waals surface area (Å²) < 4.78 is 38.4. The highest BCUT2D eigenvalue weighted by Gasteiger charge is 2.30. The summed E-state index contributed by atoms with van der Waals surface area (Å²) in [4.78, 5) is 31.7. The Hall–Kier alpha value is -3.07. The fourth-order valence-corrected chi connectivity index (χ4v) is 3.77. The van der Waals surface area contributed by atoms with E-state index in [1.807, 2.05) is 30.3 Å². The number of carbonyl (C=O) groups is 1. The third-order valence-electron chi connectivity index (χ3n) is 4.49. The van der Waals surface area contributed by atoms with Crippen LogP contribution >= 0.6 is 11.8 Å². The van der Waals surface area contributed by atoms with Gasteiger partial charge in [-0.15, -0.1) is 0 Å². The number of amides is 1. The summed E-state index contributed by atoms with van der Waals surface area (Å²) in [7, 11) is 0. The molecule has 1 aromatic heterocycles. The molecule has 0 aliphatic heterocycles. The summed E-state index contributed by atoms with van der Waals surface area (Å²) in [5, 5.41) is 2.93. The largest absolute Gasteiger partial charge is 0.416 e. The molecule has 1 heterocycles. The summed E-state index contributed by atoms with van der Waals surface area (Å²) in [5.74, 6) is 0.169. The molecule has 0 saturated heterocycles. The van der Waals surface area contributed by atoms with E-state index in [2.05, 4.69) is 15.3 Å². The maximum Gasteiger partial charge on any atom is 0.416 e. The van der Waals surface area contributed by atoms with E-state index >= 15 is 0 Å². The zero-order valence-corrected chi connectivity index (χ0v) is 17.4. The predicted molar refractivity (Wildman–Crippen MR) is 114 cm³/mol. The second-order valence-corrected chi connectivity index (χ2v) is 7.80. The van der Waals surface area contributed by atoms with Gasteiger partial charge in [0.2, 0.25) is 5.91 Å². The lowest BCUT2D eigenvalue weighted by molar-refractivity contribution is -0.137. The molecule has 0 radical (unpaired) electrons. The predicted octanol–water partition coefficient (Wildman–Crippen LogP) is 4.96. The van der Waals surface area contributed by atoms with Crippen molar-refractivity contribution in [2.24, 2.45) is 0 Å². The zero-order valence-electron chi connectivity index (χ0n) is 16.6. The second kappa shape index (κ2) is 9.82. The molecule has 0 aliphatic carbocycles. The summed E-state index contributed by atoms with van der Waals surface area (Å²) in [5.41, 5.74) is 0.883. The minimum absolute atomic E-state index is 0.0521. The highest BCUT2D eigenvalue weighted by atomic mass is 32.2. The maximum atomic E-state index is 12.8. The molecule has 0 spiro atoms. The Morgan fingerprint density at radius 2 is 1.87 bits per heavy atom. The molecule has 3 rings (SSSR count). The molecule has 0 fully saturated rings. The summed E-state index contributed by atoms with van der Waals surface area (Å²) in [6.07, 6.45) is -4.42. The van der Waals surface area contributed by atoms with Gasteiger partial charge in [0.15, 0.2) is 5.16 Å². The van der Waals surface area contributed by atoms with E-state index in [9.17, 15) is 22.8 Å². The number of nitrogens with one attached hydrogen (secondary N) is 2. The van der Waals surface area contributed by atoms with Crippen molar-refractivity contribution in [3.05, 3.63) is 87.3 Å². The first-order valence-electron chi connectivity index (χ1n) is 9.46. The minimum Gasteiger partial charge on any atom is -0.326 e. The van der Waals surface area contributed by atoms with E-state index in [1.165, 1.54) is 23.9 Å². The van der Waals surface area contributed by atoms with E-state index < -0.39 is 17.6 Å². The van der Waals surface area contributed by atoms with Gasteiger partial charge in [-0.1, -0.05) is 48.2 Å². The topological polar surface area (TPSA) is 74.8 Å². The van der Waals surface area contributed by atoms with Crippen molar-refractivity contribution in [2.45, 2.75) is 36.9 Å². The van der Waals surface area contributed by atoms with Crippen molar-refractivity contribution in [2.75, 3.05) is 5.32 Å². The van der Waals surface area contributed by atoms with Crippen molar-refractivity contribution in [3.63, 3.8) is 0 Å². The molecule has 0 saturated carbocycles. The highest BCUT2D eigenvalue weighted by molar-refractivity contribution is 7.98. The van der Waals surface area contributed by atoms with Gasteiger partial charge in [-0.3, -0.25) is 9.59 Å². The van der Waals surface area contributed by atoms with Crippen LogP contribution in [0.15, 0.2) is 64.5 Å². The number of benzene rings is 2. The number of nitrogens with zero attached hydrogens (tertiary/aromatic N) is 1. The summed E-state index contributed by atoms with van der Waals surface area (Å²) in [6, 6.07) is 14.2. The maximum absolute atomic E-state index is 12.8. The van der Waals surface area contributed by atoms with E-state index in [-0.39, 0.29) is 24.1 Å². The molecule has 1 amide bonds. The number of aryl methyl sites for hydroxylation is 1. The Bertz CT molecular complexity index is 1110. The standard InChI is InChI=1S/C22H20F3N3O2S/c1-14-18(20(30)28-21(26-14)31-13-15-6-3-2-4-7-15)10-11-19(29)27-17-9-5-8-16(12-17)22(23,24)25/h2-9,12H,10-11,13H2,1H3,(H,27,29)(H,26,28,30). The van der Waals surface area contributed by atoms with E-state index in [4.69, 9.17) is 0 Å². The van der Waals surface area contributed by atoms with Crippen molar-refractivity contribution in [3.8, 4) is 0 Å². The number of H-pyrrole nitrogens is 1. The number of carbonyl (C=O) groups excluding carboxylic acids is 1. The highest BCUT2D eigenvalue weighted by Crippen LogP contribution is 2.30. The number of halogens is 3. The van der Waals surface area contributed by atoms with Gasteiger partial charge in [0.1, 0.15) is 0 Å². The monoisotopic (exact) mass is 447 g/mol. The molecule has 2 N–H and O–H groups in total. The van der Waals surface area contributed by atoms with Gasteiger partial charge in [-0.25, -0.2) is 4.98 Å². The average Bonchev–Trinajstić information content (AvgIpc) is 2.72. The number of rotatable bonds is 7. The van der Waals surface area contributed by atoms with Crippen molar-refractivity contribution in [1.82, 2.24) is 9.97 Å². The van der Waals surface area contributed by atoms with Crippen LogP contribution in [0.5, 0.6) is 0 Å². The molecular weight excluding hydrogens is 427 g/mol. The average molecular weight is 447 g/mol. The minimum atomic E-state index is -4.49. The van der Waals surface area contributed by atoms with Crippen LogP contribution in [0, 0.1) is 6.92 Å². The third-order valence-corrected chi connectivity index (χ3v) is 5.44. The molecular formula is C22H20F3N3O2S. The van der Waals surface area contributed by atoms with Crippen LogP contribution in [0.1, 0.15) is 28.8 Å². The number of aromatic nitrogens is 2. The van der Waals surface area contributed by atoms with Gasteiger partial charge in [-0.05, 0) is 37.1 Å². The van der Waals surface area contributed by atoms with Crippen LogP contribution in [-0.2, 0) is 23.1 Å². The summed E-state index contributed by atoms with van der Waals surface area (Å²) >= 11 is 1.40. The molecule has 0 aliphatic rings. The third kappa shape index (κ3) is 6.45. The van der Waals surface area contributed by atoms with Crippen LogP contribution in [0.25, 0.3) is 0 Å². The molecule has 162 valence electrons. The van der Waals surface area contributed by atoms with Crippen molar-refractivity contribution < 1.29 is 18.0 Å². The van der Waals surface area contributed by atoms with Gasteiger partial charge in [-0.2, -0.15) is 13.2 Å². The fraction of sp³-hybridized carbons (Fsp3) is 0.227. The Morgan fingerprint density at radius 1 is 1.13 bits per heavy atom. The van der Waals surface area contributed by atoms with Gasteiger partial charge < -0.3 is 10.3 Å². The first kappa shape index (κ1) is 22.6. The Kier molecular flexibility index (Phi) is 7.17. The molecule has 0 bridgehead atoms. The first-order chi connectivity index (χ1) is 14.7. The number of hydrogen-bond donors (Lipinski definition) is 2. The van der Waals surface area contributed by atoms with Crippen LogP contribution in [0.3, 0.4) is 0 Å². The SMILES string of the molecule is Cc1nc(SCc2ccccc2)[nH]c(=O)c1CCC(=O)Nc1cccc(C(F)(F)F)c1. The van der Waals surface area contributed by atoms with Gasteiger partial charge in [0, 0.05) is 29.1 Å². The molecule has 31 heavy (non-hydrogen) atoms. The van der Waals surface area contributed by atoms with Gasteiger partial charge in [0.05, 0.1) is 5.56 Å². The molecule has 3 aromatic rings. The van der Waals surface area contributed by atoms with Crippen LogP contribution < -0.4 is 10.9 Å². The lowest BCUT2D eigenvalue weighted by Crippen LogP contribution is -2.20. The zero-order chi connectivity index (χ0) is 22.4. The van der Waals surface area contributed by atoms with Crippen LogP contribution in [-0.4, -0.2) is 15.9 Å². The Labute approximate surface area is 181 Å². The normalized spacial score (nSPS) is 11.4. The van der Waals surface area contributed by atoms with Gasteiger partial charge in [0.25, 0.3) is 5.56 Å². The van der Waals surface area contributed by atoms with Gasteiger partial charge >= 0.3 is 6.18 Å². The van der Waals surface area contributed by atoms with Crippen LogP contribution in [0.4, 0.5) is 18.9 Å². The van der Waals surface area contributed by atoms with Crippen molar-refractivity contribution in [1.29, 1.82) is 0 Å². The van der Waals surface area contributed by atoms with E-state index in [1.54, 1.807) is 6.92 Å². The quantitative estimate of drug-likeness (QED) is 0.397. The number of thioether (sulfide) groups is 1. The number of aromatic amines is 1. The van der Waals surface area contributed by atoms with Crippen molar-refractivity contribution >= 4 is 23.4 Å². The molecule has 0 unspecified atom stereocenters. The van der Waals surface area contributed by atoms with Crippen LogP contribution in [0.2, 0.25) is 0 Å². The lowest BCUT2D eigenvalue weighted by Gasteiger charge is -2.10.